The average Bonchev–Trinajstić information content (AvgIpc) is 3.22. The molecule has 0 atom stereocenters. The molecule has 130 valence electrons. The topological polar surface area (TPSA) is 77.6 Å². The molecule has 7 nitrogen and oxygen atoms in total. The van der Waals surface area contributed by atoms with Gasteiger partial charge >= 0.3 is 0 Å². The van der Waals surface area contributed by atoms with E-state index in [1.165, 1.54) is 11.1 Å². The number of amides is 1. The van der Waals surface area contributed by atoms with Crippen LogP contribution in [0.15, 0.2) is 60.8 Å². The predicted octanol–water partition coefficient (Wildman–Crippen LogP) is 2.62. The highest BCUT2D eigenvalue weighted by Gasteiger charge is 2.10. The molecule has 0 saturated carbocycles. The van der Waals surface area contributed by atoms with Crippen LogP contribution < -0.4 is 5.32 Å². The SMILES string of the molecule is Cc1cccc(Cn2ccc(NC(=O)Cn3nnc4ccccc43)n2)c1. The number of anilines is 1. The molecule has 0 aliphatic heterocycles. The Morgan fingerprint density at radius 2 is 2.00 bits per heavy atom. The van der Waals surface area contributed by atoms with E-state index in [9.17, 15) is 4.79 Å². The second-order valence-electron chi connectivity index (χ2n) is 6.17. The van der Waals surface area contributed by atoms with E-state index in [1.54, 1.807) is 15.4 Å². The van der Waals surface area contributed by atoms with Crippen LogP contribution in [0.4, 0.5) is 5.82 Å². The van der Waals surface area contributed by atoms with Crippen LogP contribution in [0.5, 0.6) is 0 Å². The lowest BCUT2D eigenvalue weighted by Gasteiger charge is -2.04. The number of benzene rings is 2. The van der Waals surface area contributed by atoms with Crippen molar-refractivity contribution in [3.63, 3.8) is 0 Å². The maximum Gasteiger partial charge on any atom is 0.247 e. The van der Waals surface area contributed by atoms with Gasteiger partial charge in [0.25, 0.3) is 0 Å². The fourth-order valence-corrected chi connectivity index (χ4v) is 2.87. The molecule has 2 aromatic carbocycles. The lowest BCUT2D eigenvalue weighted by molar-refractivity contribution is -0.116. The van der Waals surface area contributed by atoms with Crippen LogP contribution >= 0.6 is 0 Å². The largest absolute Gasteiger partial charge is 0.308 e. The molecule has 0 radical (unpaired) electrons. The Morgan fingerprint density at radius 3 is 2.88 bits per heavy atom. The lowest BCUT2D eigenvalue weighted by Crippen LogP contribution is -2.20. The molecule has 0 aliphatic rings. The van der Waals surface area contributed by atoms with E-state index in [-0.39, 0.29) is 12.5 Å². The van der Waals surface area contributed by atoms with Crippen molar-refractivity contribution >= 4 is 22.8 Å². The summed E-state index contributed by atoms with van der Waals surface area (Å²) in [6, 6.07) is 17.6. The van der Waals surface area contributed by atoms with Gasteiger partial charge in [0.05, 0.1) is 12.1 Å². The van der Waals surface area contributed by atoms with Gasteiger partial charge < -0.3 is 5.32 Å². The summed E-state index contributed by atoms with van der Waals surface area (Å²) in [6.07, 6.45) is 1.85. The van der Waals surface area contributed by atoms with E-state index in [1.807, 2.05) is 36.5 Å². The molecule has 1 N–H and O–H groups in total. The Kier molecular flexibility index (Phi) is 4.18. The first-order valence-electron chi connectivity index (χ1n) is 8.34. The number of para-hydroxylation sites is 1. The molecule has 2 heterocycles. The molecule has 4 aromatic rings. The number of aryl methyl sites for hydroxylation is 1. The van der Waals surface area contributed by atoms with Crippen LogP contribution in [-0.2, 0) is 17.9 Å². The summed E-state index contributed by atoms with van der Waals surface area (Å²) in [5.41, 5.74) is 3.97. The zero-order valence-electron chi connectivity index (χ0n) is 14.3. The van der Waals surface area contributed by atoms with E-state index in [2.05, 4.69) is 45.9 Å². The number of aromatic nitrogens is 5. The van der Waals surface area contributed by atoms with Gasteiger partial charge in [-0.15, -0.1) is 5.10 Å². The Morgan fingerprint density at radius 1 is 1.12 bits per heavy atom. The quantitative estimate of drug-likeness (QED) is 0.602. The minimum Gasteiger partial charge on any atom is -0.308 e. The Labute approximate surface area is 150 Å². The van der Waals surface area contributed by atoms with E-state index >= 15 is 0 Å². The lowest BCUT2D eigenvalue weighted by atomic mass is 10.1. The first-order valence-corrected chi connectivity index (χ1v) is 8.34. The second-order valence-corrected chi connectivity index (χ2v) is 6.17. The summed E-state index contributed by atoms with van der Waals surface area (Å²) in [7, 11) is 0. The van der Waals surface area contributed by atoms with Gasteiger partial charge in [-0.1, -0.05) is 47.2 Å². The summed E-state index contributed by atoms with van der Waals surface area (Å²) in [6.45, 7) is 2.81. The zero-order valence-corrected chi connectivity index (χ0v) is 14.3. The maximum atomic E-state index is 12.3. The molecule has 1 amide bonds. The number of fused-ring (bicyclic) bond motifs is 1. The first-order chi connectivity index (χ1) is 12.7. The fourth-order valence-electron chi connectivity index (χ4n) is 2.87. The Balaban J connectivity index is 1.41. The summed E-state index contributed by atoms with van der Waals surface area (Å²) in [4.78, 5) is 12.3. The van der Waals surface area contributed by atoms with E-state index < -0.39 is 0 Å². The number of carbonyl (C=O) groups is 1. The normalized spacial score (nSPS) is 11.0. The van der Waals surface area contributed by atoms with E-state index in [4.69, 9.17) is 0 Å². The molecule has 26 heavy (non-hydrogen) atoms. The maximum absolute atomic E-state index is 12.3. The number of nitrogens with one attached hydrogen (secondary N) is 1. The van der Waals surface area contributed by atoms with Gasteiger partial charge in [-0.25, -0.2) is 4.68 Å². The minimum atomic E-state index is -0.193. The third kappa shape index (κ3) is 3.46. The number of hydrogen-bond donors (Lipinski definition) is 1. The van der Waals surface area contributed by atoms with Crippen molar-refractivity contribution in [1.29, 1.82) is 0 Å². The van der Waals surface area contributed by atoms with Gasteiger partial charge in [-0.3, -0.25) is 9.48 Å². The molecule has 4 rings (SSSR count). The highest BCUT2D eigenvalue weighted by molar-refractivity contribution is 5.90. The summed E-state index contributed by atoms with van der Waals surface area (Å²) < 4.78 is 3.38. The number of nitrogens with zero attached hydrogens (tertiary/aromatic N) is 5. The molecule has 0 unspecified atom stereocenters. The van der Waals surface area contributed by atoms with E-state index in [0.717, 1.165) is 11.0 Å². The Hall–Kier alpha value is -3.48. The summed E-state index contributed by atoms with van der Waals surface area (Å²) in [5, 5.41) is 15.3. The molecular formula is C19H18N6O. The molecule has 0 aliphatic carbocycles. The van der Waals surface area contributed by atoms with Gasteiger partial charge in [-0.05, 0) is 24.6 Å². The Bertz CT molecular complexity index is 1060. The van der Waals surface area contributed by atoms with E-state index in [0.29, 0.717) is 12.4 Å². The van der Waals surface area contributed by atoms with Crippen molar-refractivity contribution in [1.82, 2.24) is 24.8 Å². The predicted molar refractivity (Wildman–Crippen MR) is 98.7 cm³/mol. The highest BCUT2D eigenvalue weighted by atomic mass is 16.2. The van der Waals surface area contributed by atoms with Gasteiger partial charge in [0, 0.05) is 12.3 Å². The molecule has 0 spiro atoms. The van der Waals surface area contributed by atoms with Crippen LogP contribution in [0.1, 0.15) is 11.1 Å². The van der Waals surface area contributed by atoms with Crippen molar-refractivity contribution in [2.24, 2.45) is 0 Å². The molecule has 0 saturated heterocycles. The zero-order chi connectivity index (χ0) is 17.9. The van der Waals surface area contributed by atoms with Crippen LogP contribution in [0, 0.1) is 6.92 Å². The highest BCUT2D eigenvalue weighted by Crippen LogP contribution is 2.11. The van der Waals surface area contributed by atoms with Crippen molar-refractivity contribution in [2.75, 3.05) is 5.32 Å². The molecule has 2 aromatic heterocycles. The number of rotatable bonds is 5. The van der Waals surface area contributed by atoms with Gasteiger partial charge in [0.15, 0.2) is 5.82 Å². The van der Waals surface area contributed by atoms with Crippen molar-refractivity contribution in [3.05, 3.63) is 71.9 Å². The summed E-state index contributed by atoms with van der Waals surface area (Å²) >= 11 is 0. The first kappa shape index (κ1) is 16.0. The van der Waals surface area contributed by atoms with Crippen LogP contribution in [0.3, 0.4) is 0 Å². The monoisotopic (exact) mass is 346 g/mol. The van der Waals surface area contributed by atoms with Gasteiger partial charge in [0.1, 0.15) is 12.1 Å². The molecular weight excluding hydrogens is 328 g/mol. The summed E-state index contributed by atoms with van der Waals surface area (Å²) in [5.74, 6) is 0.327. The standard InChI is InChI=1S/C19H18N6O/c1-14-5-4-6-15(11-14)12-24-10-9-18(22-24)20-19(26)13-25-17-8-3-2-7-16(17)21-23-25/h2-11H,12-13H2,1H3,(H,20,22,26). The van der Waals surface area contributed by atoms with Crippen molar-refractivity contribution < 1.29 is 4.79 Å². The van der Waals surface area contributed by atoms with Crippen LogP contribution in [-0.4, -0.2) is 30.7 Å². The van der Waals surface area contributed by atoms with Crippen LogP contribution in [0.25, 0.3) is 11.0 Å². The molecule has 0 bridgehead atoms. The van der Waals surface area contributed by atoms with Gasteiger partial charge in [-0.2, -0.15) is 5.10 Å². The van der Waals surface area contributed by atoms with Crippen molar-refractivity contribution in [2.45, 2.75) is 20.0 Å². The molecule has 7 heteroatoms. The number of hydrogen-bond acceptors (Lipinski definition) is 4. The van der Waals surface area contributed by atoms with Crippen molar-refractivity contribution in [3.8, 4) is 0 Å². The number of carbonyl (C=O) groups excluding carboxylic acids is 1. The molecule has 0 fully saturated rings. The average molecular weight is 346 g/mol. The second kappa shape index (κ2) is 6.79. The third-order valence-corrected chi connectivity index (χ3v) is 4.05. The fraction of sp³-hybridized carbons (Fsp3) is 0.158. The smallest absolute Gasteiger partial charge is 0.247 e. The van der Waals surface area contributed by atoms with Gasteiger partial charge in [0.2, 0.25) is 5.91 Å². The third-order valence-electron chi connectivity index (χ3n) is 4.05. The minimum absolute atomic E-state index is 0.0885. The van der Waals surface area contributed by atoms with Crippen LogP contribution in [0.2, 0.25) is 0 Å².